The van der Waals surface area contributed by atoms with Crippen LogP contribution in [0.4, 0.5) is 0 Å². The first kappa shape index (κ1) is 13.5. The van der Waals surface area contributed by atoms with E-state index in [-0.39, 0.29) is 17.1 Å². The summed E-state index contributed by atoms with van der Waals surface area (Å²) in [5.74, 6) is 0.207. The Morgan fingerprint density at radius 2 is 1.75 bits per heavy atom. The number of carbonyl (C=O) groups excluding carboxylic acids is 1. The van der Waals surface area contributed by atoms with Gasteiger partial charge < -0.3 is 15.0 Å². The van der Waals surface area contributed by atoms with E-state index >= 15 is 0 Å². The minimum atomic E-state index is -0.253. The van der Waals surface area contributed by atoms with Gasteiger partial charge in [0.2, 0.25) is 5.91 Å². The summed E-state index contributed by atoms with van der Waals surface area (Å²) >= 11 is 0. The molecule has 1 aliphatic heterocycles. The van der Waals surface area contributed by atoms with Gasteiger partial charge in [0.05, 0.1) is 11.2 Å². The molecule has 0 saturated carbocycles. The summed E-state index contributed by atoms with van der Waals surface area (Å²) in [5, 5.41) is 3.00. The zero-order valence-electron chi connectivity index (χ0n) is 11.1. The Hall–Kier alpha value is -0.610. The Labute approximate surface area is 98.3 Å². The molecular weight excluding hydrogens is 204 g/mol. The van der Waals surface area contributed by atoms with Gasteiger partial charge in [0.15, 0.2) is 0 Å². The minimum absolute atomic E-state index is 0.207. The number of morpholine rings is 1. The maximum atomic E-state index is 12.0. The second-order valence-corrected chi connectivity index (χ2v) is 5.72. The van der Waals surface area contributed by atoms with E-state index in [9.17, 15) is 4.79 Å². The number of rotatable bonds is 3. The number of nitrogens with one attached hydrogen (secondary N) is 1. The van der Waals surface area contributed by atoms with Crippen molar-refractivity contribution in [1.82, 2.24) is 10.2 Å². The van der Waals surface area contributed by atoms with Gasteiger partial charge in [-0.05, 0) is 34.7 Å². The number of hydrogen-bond donors (Lipinski definition) is 1. The average molecular weight is 228 g/mol. The van der Waals surface area contributed by atoms with E-state index in [0.717, 1.165) is 6.54 Å². The number of hydrogen-bond acceptors (Lipinski definition) is 3. The van der Waals surface area contributed by atoms with Crippen LogP contribution in [0.25, 0.3) is 0 Å². The molecule has 0 atom stereocenters. The number of amides is 1. The molecule has 0 aromatic rings. The minimum Gasteiger partial charge on any atom is -0.366 e. The van der Waals surface area contributed by atoms with Crippen molar-refractivity contribution in [3.05, 3.63) is 0 Å². The summed E-state index contributed by atoms with van der Waals surface area (Å²) in [6.45, 7) is 10.2. The van der Waals surface area contributed by atoms with E-state index in [4.69, 9.17) is 4.74 Å². The van der Waals surface area contributed by atoms with Crippen molar-refractivity contribution in [1.29, 1.82) is 0 Å². The molecule has 0 unspecified atom stereocenters. The third kappa shape index (κ3) is 3.76. The van der Waals surface area contributed by atoms with Crippen LogP contribution in [-0.2, 0) is 9.53 Å². The third-order valence-corrected chi connectivity index (χ3v) is 2.64. The second-order valence-electron chi connectivity index (χ2n) is 5.72. The fourth-order valence-electron chi connectivity index (χ4n) is 2.35. The molecule has 1 heterocycles. The summed E-state index contributed by atoms with van der Waals surface area (Å²) in [4.78, 5) is 13.9. The standard InChI is InChI=1S/C12H24N2O2/c1-11(2)8-14(9-12(3,4)16-11)10(15)6-7-13-5/h13H,6-9H2,1-5H3. The van der Waals surface area contributed by atoms with Crippen LogP contribution in [0.1, 0.15) is 34.1 Å². The molecule has 0 aliphatic carbocycles. The molecule has 0 aromatic heterocycles. The lowest BCUT2D eigenvalue weighted by molar-refractivity contribution is -0.187. The second kappa shape index (κ2) is 4.72. The van der Waals surface area contributed by atoms with Crippen LogP contribution in [-0.4, -0.2) is 48.7 Å². The van der Waals surface area contributed by atoms with Gasteiger partial charge in [-0.1, -0.05) is 0 Å². The molecule has 1 saturated heterocycles. The van der Waals surface area contributed by atoms with Crippen molar-refractivity contribution in [2.24, 2.45) is 0 Å². The molecule has 1 fully saturated rings. The monoisotopic (exact) mass is 228 g/mol. The molecule has 4 nitrogen and oxygen atoms in total. The number of ether oxygens (including phenoxy) is 1. The molecule has 1 aliphatic rings. The summed E-state index contributed by atoms with van der Waals surface area (Å²) in [5.41, 5.74) is -0.506. The van der Waals surface area contributed by atoms with Gasteiger partial charge in [-0.25, -0.2) is 0 Å². The normalized spacial score (nSPS) is 23.2. The summed E-state index contributed by atoms with van der Waals surface area (Å²) < 4.78 is 5.94. The quantitative estimate of drug-likeness (QED) is 0.784. The highest BCUT2D eigenvalue weighted by Crippen LogP contribution is 2.28. The fourth-order valence-corrected chi connectivity index (χ4v) is 2.35. The van der Waals surface area contributed by atoms with Crippen LogP contribution in [0, 0.1) is 0 Å². The highest BCUT2D eigenvalue weighted by molar-refractivity contribution is 5.76. The fraction of sp³-hybridized carbons (Fsp3) is 0.917. The molecule has 1 N–H and O–H groups in total. The lowest BCUT2D eigenvalue weighted by atomic mass is 9.98. The van der Waals surface area contributed by atoms with Crippen LogP contribution < -0.4 is 5.32 Å². The maximum Gasteiger partial charge on any atom is 0.224 e. The Kier molecular flexibility index (Phi) is 3.97. The largest absolute Gasteiger partial charge is 0.366 e. The molecule has 4 heteroatoms. The van der Waals surface area contributed by atoms with E-state index in [1.807, 2.05) is 39.6 Å². The first-order chi connectivity index (χ1) is 7.26. The van der Waals surface area contributed by atoms with Gasteiger partial charge in [0, 0.05) is 26.1 Å². The molecule has 0 radical (unpaired) electrons. The van der Waals surface area contributed by atoms with Gasteiger partial charge in [-0.2, -0.15) is 0 Å². The van der Waals surface area contributed by atoms with Crippen molar-refractivity contribution >= 4 is 5.91 Å². The van der Waals surface area contributed by atoms with Crippen LogP contribution >= 0.6 is 0 Å². The molecule has 16 heavy (non-hydrogen) atoms. The lowest BCUT2D eigenvalue weighted by Gasteiger charge is -2.47. The Morgan fingerprint density at radius 1 is 1.25 bits per heavy atom. The molecule has 0 bridgehead atoms. The summed E-state index contributed by atoms with van der Waals surface area (Å²) in [6, 6.07) is 0. The average Bonchev–Trinajstić information content (AvgIpc) is 2.09. The Balaban J connectivity index is 2.63. The van der Waals surface area contributed by atoms with E-state index in [2.05, 4.69) is 5.32 Å². The zero-order chi connectivity index (χ0) is 12.4. The van der Waals surface area contributed by atoms with Crippen molar-refractivity contribution in [2.75, 3.05) is 26.7 Å². The SMILES string of the molecule is CNCCC(=O)N1CC(C)(C)OC(C)(C)C1. The number of nitrogens with zero attached hydrogens (tertiary/aromatic N) is 1. The predicted octanol–water partition coefficient (Wildman–Crippen LogP) is 1.01. The lowest BCUT2D eigenvalue weighted by Crippen LogP contribution is -2.58. The molecule has 94 valence electrons. The van der Waals surface area contributed by atoms with Gasteiger partial charge >= 0.3 is 0 Å². The van der Waals surface area contributed by atoms with E-state index < -0.39 is 0 Å². The molecular formula is C12H24N2O2. The van der Waals surface area contributed by atoms with E-state index in [1.165, 1.54) is 0 Å². The van der Waals surface area contributed by atoms with Gasteiger partial charge in [0.25, 0.3) is 0 Å². The Bertz CT molecular complexity index is 246. The van der Waals surface area contributed by atoms with Crippen molar-refractivity contribution in [2.45, 2.75) is 45.3 Å². The molecule has 0 aromatic carbocycles. The zero-order valence-corrected chi connectivity index (χ0v) is 11.1. The van der Waals surface area contributed by atoms with Crippen LogP contribution in [0.5, 0.6) is 0 Å². The molecule has 1 rings (SSSR count). The number of carbonyl (C=O) groups is 1. The molecule has 0 spiro atoms. The van der Waals surface area contributed by atoms with Crippen molar-refractivity contribution in [3.63, 3.8) is 0 Å². The molecule has 1 amide bonds. The first-order valence-corrected chi connectivity index (χ1v) is 5.88. The van der Waals surface area contributed by atoms with E-state index in [1.54, 1.807) is 0 Å². The smallest absolute Gasteiger partial charge is 0.224 e. The first-order valence-electron chi connectivity index (χ1n) is 5.88. The van der Waals surface area contributed by atoms with Crippen molar-refractivity contribution < 1.29 is 9.53 Å². The van der Waals surface area contributed by atoms with Crippen LogP contribution in [0.2, 0.25) is 0 Å². The van der Waals surface area contributed by atoms with Gasteiger partial charge in [-0.15, -0.1) is 0 Å². The maximum absolute atomic E-state index is 12.0. The topological polar surface area (TPSA) is 41.6 Å². The van der Waals surface area contributed by atoms with Crippen molar-refractivity contribution in [3.8, 4) is 0 Å². The van der Waals surface area contributed by atoms with Crippen LogP contribution in [0.15, 0.2) is 0 Å². The third-order valence-electron chi connectivity index (χ3n) is 2.64. The van der Waals surface area contributed by atoms with E-state index in [0.29, 0.717) is 19.5 Å². The summed E-state index contributed by atoms with van der Waals surface area (Å²) in [6.07, 6.45) is 0.558. The highest BCUT2D eigenvalue weighted by Gasteiger charge is 2.39. The van der Waals surface area contributed by atoms with Gasteiger partial charge in [0.1, 0.15) is 0 Å². The Morgan fingerprint density at radius 3 is 2.19 bits per heavy atom. The highest BCUT2D eigenvalue weighted by atomic mass is 16.5. The van der Waals surface area contributed by atoms with Crippen LogP contribution in [0.3, 0.4) is 0 Å². The van der Waals surface area contributed by atoms with Gasteiger partial charge in [-0.3, -0.25) is 4.79 Å². The predicted molar refractivity (Wildman–Crippen MR) is 64.4 cm³/mol. The summed E-state index contributed by atoms with van der Waals surface area (Å²) in [7, 11) is 1.86.